The molecule has 0 saturated carbocycles. The summed E-state index contributed by atoms with van der Waals surface area (Å²) in [6.45, 7) is 14.8. The highest BCUT2D eigenvalue weighted by atomic mass is 15.0. The second-order valence-corrected chi connectivity index (χ2v) is 5.16. The number of hydrogen-bond acceptors (Lipinski definition) is 1. The van der Waals surface area contributed by atoms with Crippen LogP contribution in [0, 0.1) is 5.41 Å². The van der Waals surface area contributed by atoms with E-state index in [-0.39, 0.29) is 5.54 Å². The average molecular weight is 185 g/mol. The maximum atomic E-state index is 3.62. The third-order valence-corrected chi connectivity index (χ3v) is 3.24. The summed E-state index contributed by atoms with van der Waals surface area (Å²) in [6, 6.07) is 0. The van der Waals surface area contributed by atoms with Crippen molar-refractivity contribution in [1.29, 1.82) is 0 Å². The topological polar surface area (TPSA) is 12.0 Å². The first-order valence-corrected chi connectivity index (χ1v) is 5.64. The van der Waals surface area contributed by atoms with Gasteiger partial charge in [-0.1, -0.05) is 20.8 Å². The van der Waals surface area contributed by atoms with Gasteiger partial charge in [0.2, 0.25) is 0 Å². The van der Waals surface area contributed by atoms with Crippen LogP contribution in [-0.2, 0) is 0 Å². The minimum atomic E-state index is 0.255. The van der Waals surface area contributed by atoms with Gasteiger partial charge >= 0.3 is 0 Å². The van der Waals surface area contributed by atoms with Crippen LogP contribution in [0.4, 0.5) is 0 Å². The first kappa shape index (κ1) is 13.0. The Kier molecular flexibility index (Phi) is 4.98. The molecule has 0 fully saturated rings. The molecule has 0 bridgehead atoms. The zero-order valence-corrected chi connectivity index (χ0v) is 10.3. The van der Waals surface area contributed by atoms with Gasteiger partial charge in [0, 0.05) is 12.1 Å². The molecule has 0 spiro atoms. The molecule has 0 aromatic heterocycles. The Morgan fingerprint density at radius 3 is 1.46 bits per heavy atom. The van der Waals surface area contributed by atoms with E-state index < -0.39 is 0 Å². The molecule has 0 aliphatic heterocycles. The maximum Gasteiger partial charge on any atom is 0.00967 e. The van der Waals surface area contributed by atoms with Crippen LogP contribution < -0.4 is 5.32 Å². The van der Waals surface area contributed by atoms with Gasteiger partial charge in [0.05, 0.1) is 0 Å². The summed E-state index contributed by atoms with van der Waals surface area (Å²) in [4.78, 5) is 0. The molecule has 0 aliphatic carbocycles. The van der Waals surface area contributed by atoms with Crippen LogP contribution in [0.1, 0.15) is 60.8 Å². The normalized spacial score (nSPS) is 13.4. The van der Waals surface area contributed by atoms with Gasteiger partial charge < -0.3 is 5.32 Å². The van der Waals surface area contributed by atoms with Crippen molar-refractivity contribution < 1.29 is 0 Å². The molecule has 80 valence electrons. The molecule has 0 aromatic carbocycles. The molecule has 1 heteroatoms. The number of hydrogen-bond donors (Lipinski definition) is 1. The minimum absolute atomic E-state index is 0.255. The van der Waals surface area contributed by atoms with Crippen LogP contribution in [0.3, 0.4) is 0 Å². The van der Waals surface area contributed by atoms with Crippen LogP contribution in [0.25, 0.3) is 0 Å². The number of rotatable bonds is 5. The molecule has 0 atom stereocenters. The number of nitrogens with one attached hydrogen (secondary N) is 1. The Hall–Kier alpha value is -0.0400. The lowest BCUT2D eigenvalue weighted by atomic mass is 9.79. The second kappa shape index (κ2) is 4.99. The molecule has 0 aromatic rings. The van der Waals surface area contributed by atoms with E-state index in [1.807, 2.05) is 0 Å². The zero-order chi connectivity index (χ0) is 10.5. The van der Waals surface area contributed by atoms with E-state index >= 15 is 0 Å². The first-order chi connectivity index (χ1) is 5.89. The fourth-order valence-corrected chi connectivity index (χ4v) is 1.58. The summed E-state index contributed by atoms with van der Waals surface area (Å²) in [7, 11) is 0. The Morgan fingerprint density at radius 2 is 1.23 bits per heavy atom. The predicted molar refractivity (Wildman–Crippen MR) is 61.1 cm³/mol. The Morgan fingerprint density at radius 1 is 0.846 bits per heavy atom. The van der Waals surface area contributed by atoms with Gasteiger partial charge in [0.25, 0.3) is 0 Å². The van der Waals surface area contributed by atoms with Gasteiger partial charge in [0.1, 0.15) is 0 Å². The summed E-state index contributed by atoms with van der Waals surface area (Å²) in [5.74, 6) is 0. The standard InChI is InChI=1S/C12H27N/c1-7-12(8-2,9-3)10-13-11(4,5)6/h13H,7-10H2,1-6H3. The van der Waals surface area contributed by atoms with Gasteiger partial charge in [-0.3, -0.25) is 0 Å². The third kappa shape index (κ3) is 4.66. The molecule has 1 nitrogen and oxygen atoms in total. The van der Waals surface area contributed by atoms with E-state index in [4.69, 9.17) is 0 Å². The summed E-state index contributed by atoms with van der Waals surface area (Å²) in [6.07, 6.45) is 3.84. The van der Waals surface area contributed by atoms with Crippen molar-refractivity contribution in [2.45, 2.75) is 66.3 Å². The molecule has 13 heavy (non-hydrogen) atoms. The van der Waals surface area contributed by atoms with E-state index in [0.717, 1.165) is 6.54 Å². The lowest BCUT2D eigenvalue weighted by molar-refractivity contribution is 0.214. The molecule has 0 heterocycles. The van der Waals surface area contributed by atoms with Gasteiger partial charge in [-0.05, 0) is 45.4 Å². The van der Waals surface area contributed by atoms with E-state index in [1.165, 1.54) is 19.3 Å². The van der Waals surface area contributed by atoms with Crippen LogP contribution >= 0.6 is 0 Å². The van der Waals surface area contributed by atoms with Crippen molar-refractivity contribution in [1.82, 2.24) is 5.32 Å². The molecule has 0 aliphatic rings. The molecular formula is C12H27N. The van der Waals surface area contributed by atoms with Crippen molar-refractivity contribution in [3.8, 4) is 0 Å². The summed E-state index contributed by atoms with van der Waals surface area (Å²) < 4.78 is 0. The lowest BCUT2D eigenvalue weighted by Gasteiger charge is -2.34. The lowest BCUT2D eigenvalue weighted by Crippen LogP contribution is -2.43. The minimum Gasteiger partial charge on any atom is -0.312 e. The van der Waals surface area contributed by atoms with Crippen molar-refractivity contribution >= 4 is 0 Å². The molecule has 0 saturated heterocycles. The van der Waals surface area contributed by atoms with Crippen molar-refractivity contribution in [2.75, 3.05) is 6.54 Å². The van der Waals surface area contributed by atoms with E-state index in [1.54, 1.807) is 0 Å². The third-order valence-electron chi connectivity index (χ3n) is 3.24. The summed E-state index contributed by atoms with van der Waals surface area (Å²) >= 11 is 0. The fraction of sp³-hybridized carbons (Fsp3) is 1.00. The summed E-state index contributed by atoms with van der Waals surface area (Å²) in [5.41, 5.74) is 0.776. The summed E-state index contributed by atoms with van der Waals surface area (Å²) in [5, 5.41) is 3.62. The average Bonchev–Trinajstić information content (AvgIpc) is 2.06. The van der Waals surface area contributed by atoms with Crippen molar-refractivity contribution in [3.63, 3.8) is 0 Å². The second-order valence-electron chi connectivity index (χ2n) is 5.16. The Bertz CT molecular complexity index is 120. The molecule has 0 unspecified atom stereocenters. The predicted octanol–water partition coefficient (Wildman–Crippen LogP) is 3.59. The van der Waals surface area contributed by atoms with E-state index in [2.05, 4.69) is 46.9 Å². The highest BCUT2D eigenvalue weighted by molar-refractivity contribution is 4.81. The fourth-order valence-electron chi connectivity index (χ4n) is 1.58. The molecular weight excluding hydrogens is 158 g/mol. The van der Waals surface area contributed by atoms with Crippen molar-refractivity contribution in [2.24, 2.45) is 5.41 Å². The van der Waals surface area contributed by atoms with Gasteiger partial charge in [-0.25, -0.2) is 0 Å². The van der Waals surface area contributed by atoms with Crippen LogP contribution in [0.5, 0.6) is 0 Å². The van der Waals surface area contributed by atoms with Gasteiger partial charge in [-0.2, -0.15) is 0 Å². The SMILES string of the molecule is CCC(CC)(CC)CNC(C)(C)C. The molecule has 0 rings (SSSR count). The molecule has 1 N–H and O–H groups in total. The van der Waals surface area contributed by atoms with E-state index in [9.17, 15) is 0 Å². The highest BCUT2D eigenvalue weighted by Crippen LogP contribution is 2.29. The Labute approximate surface area is 84.3 Å². The highest BCUT2D eigenvalue weighted by Gasteiger charge is 2.25. The quantitative estimate of drug-likeness (QED) is 0.690. The van der Waals surface area contributed by atoms with Crippen LogP contribution in [0.2, 0.25) is 0 Å². The van der Waals surface area contributed by atoms with E-state index in [0.29, 0.717) is 5.41 Å². The van der Waals surface area contributed by atoms with Crippen LogP contribution in [-0.4, -0.2) is 12.1 Å². The smallest absolute Gasteiger partial charge is 0.00967 e. The van der Waals surface area contributed by atoms with Crippen LogP contribution in [0.15, 0.2) is 0 Å². The monoisotopic (exact) mass is 185 g/mol. The molecule has 0 radical (unpaired) electrons. The molecule has 0 amide bonds. The largest absolute Gasteiger partial charge is 0.312 e. The maximum absolute atomic E-state index is 3.62. The van der Waals surface area contributed by atoms with Crippen molar-refractivity contribution in [3.05, 3.63) is 0 Å². The van der Waals surface area contributed by atoms with Gasteiger partial charge in [-0.15, -0.1) is 0 Å². The Balaban J connectivity index is 4.11. The first-order valence-electron chi connectivity index (χ1n) is 5.64. The zero-order valence-electron chi connectivity index (χ0n) is 10.3. The van der Waals surface area contributed by atoms with Gasteiger partial charge in [0.15, 0.2) is 0 Å².